The number of aromatic nitrogens is 1. The number of nitrogens with zero attached hydrogens (tertiary/aromatic N) is 3. The van der Waals surface area contributed by atoms with Crippen LogP contribution in [0.15, 0.2) is 48.7 Å². The number of thiophene rings is 1. The SMILES string of the molecule is CN1CC(=O)Nc2ncc(C=CC(=O)N(C)Cc3cc4ccccc4s3)cc2C1.Cl. The van der Waals surface area contributed by atoms with E-state index >= 15 is 0 Å². The predicted molar refractivity (Wildman–Crippen MR) is 124 cm³/mol. The number of anilines is 1. The average Bonchev–Trinajstić information content (AvgIpc) is 3.02. The maximum Gasteiger partial charge on any atom is 0.246 e. The second-order valence-corrected chi connectivity index (χ2v) is 8.44. The van der Waals surface area contributed by atoms with Crippen molar-refractivity contribution in [3.05, 3.63) is 64.7 Å². The van der Waals surface area contributed by atoms with Crippen LogP contribution in [0.2, 0.25) is 0 Å². The molecular weight excluding hydrogens is 420 g/mol. The standard InChI is InChI=1S/C22H22N4O2S.ClH/c1-25-12-17-9-15(11-23-22(17)24-20(27)14-25)7-8-21(28)26(2)13-18-10-16-5-3-4-6-19(16)29-18;/h3-11H,12-14H2,1-2H3,(H,23,24,27);1H. The normalized spacial score (nSPS) is 14.1. The molecule has 6 nitrogen and oxygen atoms in total. The van der Waals surface area contributed by atoms with Crippen molar-refractivity contribution >= 4 is 57.5 Å². The molecule has 1 N–H and O–H groups in total. The first-order valence-corrected chi connectivity index (χ1v) is 10.2. The lowest BCUT2D eigenvalue weighted by Gasteiger charge is -2.14. The maximum atomic E-state index is 12.5. The molecule has 0 bridgehead atoms. The molecule has 0 fully saturated rings. The third kappa shape index (κ3) is 5.05. The van der Waals surface area contributed by atoms with Crippen LogP contribution in [0.5, 0.6) is 0 Å². The number of pyridine rings is 1. The van der Waals surface area contributed by atoms with E-state index in [-0.39, 0.29) is 24.2 Å². The highest BCUT2D eigenvalue weighted by Gasteiger charge is 2.17. The second kappa shape index (κ2) is 9.38. The first kappa shape index (κ1) is 22.0. The van der Waals surface area contributed by atoms with E-state index in [1.165, 1.54) is 10.1 Å². The first-order chi connectivity index (χ1) is 14.0. The van der Waals surface area contributed by atoms with Crippen LogP contribution in [0.25, 0.3) is 16.2 Å². The van der Waals surface area contributed by atoms with E-state index in [0.717, 1.165) is 16.0 Å². The summed E-state index contributed by atoms with van der Waals surface area (Å²) in [6.07, 6.45) is 5.00. The molecule has 0 aliphatic carbocycles. The summed E-state index contributed by atoms with van der Waals surface area (Å²) in [6.45, 7) is 1.53. The third-order valence-electron chi connectivity index (χ3n) is 4.76. The molecule has 8 heteroatoms. The van der Waals surface area contributed by atoms with Gasteiger partial charge in [-0.25, -0.2) is 4.98 Å². The van der Waals surface area contributed by atoms with Crippen LogP contribution in [0.3, 0.4) is 0 Å². The number of halogens is 1. The Labute approximate surface area is 185 Å². The molecular formula is C22H23ClN4O2S. The number of fused-ring (bicyclic) bond motifs is 2. The van der Waals surface area contributed by atoms with E-state index in [4.69, 9.17) is 0 Å². The first-order valence-electron chi connectivity index (χ1n) is 9.36. The Balaban J connectivity index is 0.00000256. The molecule has 0 atom stereocenters. The van der Waals surface area contributed by atoms with Crippen LogP contribution in [0.4, 0.5) is 5.82 Å². The summed E-state index contributed by atoms with van der Waals surface area (Å²) in [5, 5.41) is 4.02. The number of rotatable bonds is 4. The molecule has 0 spiro atoms. The zero-order chi connectivity index (χ0) is 20.4. The van der Waals surface area contributed by atoms with Crippen molar-refractivity contribution in [3.8, 4) is 0 Å². The summed E-state index contributed by atoms with van der Waals surface area (Å²) in [5.74, 6) is 0.451. The number of hydrogen-bond acceptors (Lipinski definition) is 5. The van der Waals surface area contributed by atoms with Gasteiger partial charge in [-0.15, -0.1) is 23.7 Å². The van der Waals surface area contributed by atoms with Gasteiger partial charge in [-0.2, -0.15) is 0 Å². The van der Waals surface area contributed by atoms with Crippen molar-refractivity contribution < 1.29 is 9.59 Å². The van der Waals surface area contributed by atoms with Crippen LogP contribution >= 0.6 is 23.7 Å². The highest BCUT2D eigenvalue weighted by molar-refractivity contribution is 7.19. The summed E-state index contributed by atoms with van der Waals surface area (Å²) in [5.41, 5.74) is 1.77. The topological polar surface area (TPSA) is 65.5 Å². The second-order valence-electron chi connectivity index (χ2n) is 7.28. The van der Waals surface area contributed by atoms with Crippen molar-refractivity contribution in [2.45, 2.75) is 13.1 Å². The van der Waals surface area contributed by atoms with Crippen molar-refractivity contribution in [3.63, 3.8) is 0 Å². The summed E-state index contributed by atoms with van der Waals surface area (Å²) in [7, 11) is 3.69. The molecule has 0 radical (unpaired) electrons. The van der Waals surface area contributed by atoms with Gasteiger partial charge in [-0.3, -0.25) is 14.5 Å². The largest absolute Gasteiger partial charge is 0.337 e. The van der Waals surface area contributed by atoms with Crippen LogP contribution in [0, 0.1) is 0 Å². The Hall–Kier alpha value is -2.74. The summed E-state index contributed by atoms with van der Waals surface area (Å²) in [6, 6.07) is 12.3. The average molecular weight is 443 g/mol. The number of carbonyl (C=O) groups excluding carboxylic acids is 2. The maximum absolute atomic E-state index is 12.5. The minimum absolute atomic E-state index is 0. The van der Waals surface area contributed by atoms with Crippen LogP contribution in [-0.2, 0) is 22.7 Å². The number of carbonyl (C=O) groups is 2. The number of nitrogens with one attached hydrogen (secondary N) is 1. The van der Waals surface area contributed by atoms with Crippen LogP contribution in [-0.4, -0.2) is 47.2 Å². The van der Waals surface area contributed by atoms with Gasteiger partial charge in [0.05, 0.1) is 13.1 Å². The van der Waals surface area contributed by atoms with Gasteiger partial charge in [-0.05, 0) is 42.3 Å². The van der Waals surface area contributed by atoms with E-state index in [1.807, 2.05) is 30.1 Å². The molecule has 0 saturated carbocycles. The lowest BCUT2D eigenvalue weighted by molar-refractivity contribution is -0.125. The molecule has 3 heterocycles. The van der Waals surface area contributed by atoms with Crippen molar-refractivity contribution in [1.29, 1.82) is 0 Å². The highest BCUT2D eigenvalue weighted by Crippen LogP contribution is 2.26. The van der Waals surface area contributed by atoms with Crippen molar-refractivity contribution in [2.24, 2.45) is 0 Å². The van der Waals surface area contributed by atoms with Gasteiger partial charge >= 0.3 is 0 Å². The molecule has 1 aromatic carbocycles. The van der Waals surface area contributed by atoms with E-state index < -0.39 is 0 Å². The molecule has 1 aliphatic rings. The Kier molecular flexibility index (Phi) is 6.87. The molecule has 156 valence electrons. The van der Waals surface area contributed by atoms with E-state index in [1.54, 1.807) is 41.6 Å². The monoisotopic (exact) mass is 442 g/mol. The fourth-order valence-electron chi connectivity index (χ4n) is 3.34. The lowest BCUT2D eigenvalue weighted by Crippen LogP contribution is -2.26. The van der Waals surface area contributed by atoms with E-state index in [2.05, 4.69) is 28.5 Å². The minimum Gasteiger partial charge on any atom is -0.337 e. The summed E-state index contributed by atoms with van der Waals surface area (Å²) < 4.78 is 1.23. The molecule has 2 amide bonds. The Morgan fingerprint density at radius 3 is 2.90 bits per heavy atom. The van der Waals surface area contributed by atoms with Gasteiger partial charge in [0.2, 0.25) is 11.8 Å². The van der Waals surface area contributed by atoms with Crippen molar-refractivity contribution in [1.82, 2.24) is 14.8 Å². The molecule has 0 unspecified atom stereocenters. The molecule has 4 rings (SSSR count). The van der Waals surface area contributed by atoms with Gasteiger partial charge in [0.15, 0.2) is 0 Å². The molecule has 30 heavy (non-hydrogen) atoms. The van der Waals surface area contributed by atoms with Gasteiger partial charge in [0.25, 0.3) is 0 Å². The van der Waals surface area contributed by atoms with Gasteiger partial charge in [0, 0.05) is 41.0 Å². The van der Waals surface area contributed by atoms with E-state index in [9.17, 15) is 9.59 Å². The fraction of sp³-hybridized carbons (Fsp3) is 0.227. The smallest absolute Gasteiger partial charge is 0.246 e. The quantitative estimate of drug-likeness (QED) is 0.624. The number of likely N-dealkylation sites (N-methyl/N-ethyl adjacent to an activating group) is 2. The fourth-order valence-corrected chi connectivity index (χ4v) is 4.46. The zero-order valence-electron chi connectivity index (χ0n) is 16.8. The van der Waals surface area contributed by atoms with Gasteiger partial charge in [0.1, 0.15) is 5.82 Å². The Bertz CT molecular complexity index is 1080. The lowest BCUT2D eigenvalue weighted by atomic mass is 10.1. The number of benzene rings is 1. The highest BCUT2D eigenvalue weighted by atomic mass is 35.5. The minimum atomic E-state index is -0.0694. The van der Waals surface area contributed by atoms with Crippen LogP contribution < -0.4 is 5.32 Å². The molecule has 0 saturated heterocycles. The van der Waals surface area contributed by atoms with Crippen LogP contribution in [0.1, 0.15) is 16.0 Å². The zero-order valence-corrected chi connectivity index (χ0v) is 18.4. The third-order valence-corrected chi connectivity index (χ3v) is 5.86. The number of amides is 2. The molecule has 1 aliphatic heterocycles. The number of hydrogen-bond donors (Lipinski definition) is 1. The van der Waals surface area contributed by atoms with Gasteiger partial charge < -0.3 is 10.2 Å². The summed E-state index contributed by atoms with van der Waals surface area (Å²) in [4.78, 5) is 33.4. The van der Waals surface area contributed by atoms with Gasteiger partial charge in [-0.1, -0.05) is 18.2 Å². The summed E-state index contributed by atoms with van der Waals surface area (Å²) >= 11 is 1.71. The Morgan fingerprint density at radius 2 is 2.10 bits per heavy atom. The Morgan fingerprint density at radius 1 is 1.30 bits per heavy atom. The van der Waals surface area contributed by atoms with E-state index in [0.29, 0.717) is 25.5 Å². The predicted octanol–water partition coefficient (Wildman–Crippen LogP) is 3.77. The van der Waals surface area contributed by atoms with Crippen molar-refractivity contribution in [2.75, 3.05) is 26.0 Å². The molecule has 3 aromatic rings. The molecule has 2 aromatic heterocycles.